The summed E-state index contributed by atoms with van der Waals surface area (Å²) in [7, 11) is 0. The number of benzene rings is 1. The van der Waals surface area contributed by atoms with Gasteiger partial charge >= 0.3 is 0 Å². The molecule has 0 fully saturated rings. The minimum absolute atomic E-state index is 0.392. The van der Waals surface area contributed by atoms with Gasteiger partial charge in [0.15, 0.2) is 5.75 Å². The maximum absolute atomic E-state index is 8.88. The van der Waals surface area contributed by atoms with Gasteiger partial charge in [0, 0.05) is 0 Å². The Labute approximate surface area is 104 Å². The van der Waals surface area contributed by atoms with Gasteiger partial charge < -0.3 is 4.74 Å². The molecule has 0 amide bonds. The lowest BCUT2D eigenvalue weighted by Crippen LogP contribution is -1.89. The van der Waals surface area contributed by atoms with Crippen molar-refractivity contribution in [1.29, 1.82) is 10.5 Å². The first-order valence-electron chi connectivity index (χ1n) is 5.28. The molecule has 18 heavy (non-hydrogen) atoms. The number of nitrogens with zero attached hydrogens (tertiary/aromatic N) is 3. The molecule has 0 aliphatic carbocycles. The minimum Gasteiger partial charge on any atom is -0.453 e. The Hall–Kier alpha value is -2.79. The molecule has 5 heteroatoms. The monoisotopic (exact) mass is 238 g/mol. The smallest absolute Gasteiger partial charge is 0.170 e. The first-order chi connectivity index (χ1) is 8.63. The van der Waals surface area contributed by atoms with E-state index in [-0.39, 0.29) is 0 Å². The van der Waals surface area contributed by atoms with Gasteiger partial charge in [0.05, 0.1) is 29.0 Å². The van der Waals surface area contributed by atoms with Gasteiger partial charge in [-0.05, 0) is 32.0 Å². The normalized spacial score (nSPS) is 9.56. The van der Waals surface area contributed by atoms with E-state index in [0.717, 1.165) is 11.4 Å². The van der Waals surface area contributed by atoms with E-state index < -0.39 is 0 Å². The lowest BCUT2D eigenvalue weighted by molar-refractivity contribution is 0.475. The number of aryl methyl sites for hydroxylation is 2. The Morgan fingerprint density at radius 1 is 1.11 bits per heavy atom. The first kappa shape index (κ1) is 11.7. The molecule has 0 unspecified atom stereocenters. The van der Waals surface area contributed by atoms with Gasteiger partial charge in [-0.2, -0.15) is 15.6 Å². The molecule has 2 rings (SSSR count). The molecule has 2 aromatic rings. The van der Waals surface area contributed by atoms with Crippen LogP contribution in [-0.4, -0.2) is 10.2 Å². The van der Waals surface area contributed by atoms with Crippen molar-refractivity contribution < 1.29 is 4.74 Å². The predicted molar refractivity (Wildman–Crippen MR) is 64.0 cm³/mol. The highest BCUT2D eigenvalue weighted by molar-refractivity contribution is 5.47. The zero-order valence-electron chi connectivity index (χ0n) is 9.98. The van der Waals surface area contributed by atoms with Crippen LogP contribution in [0.1, 0.15) is 22.5 Å². The van der Waals surface area contributed by atoms with Crippen LogP contribution in [0.3, 0.4) is 0 Å². The summed E-state index contributed by atoms with van der Waals surface area (Å²) in [5.41, 5.74) is 2.31. The molecule has 5 nitrogen and oxygen atoms in total. The number of ether oxygens (including phenoxy) is 1. The molecular weight excluding hydrogens is 228 g/mol. The van der Waals surface area contributed by atoms with Crippen LogP contribution in [0.15, 0.2) is 18.2 Å². The van der Waals surface area contributed by atoms with Crippen molar-refractivity contribution in [3.8, 4) is 23.6 Å². The Morgan fingerprint density at radius 3 is 2.17 bits per heavy atom. The van der Waals surface area contributed by atoms with Crippen molar-refractivity contribution in [3.05, 3.63) is 40.7 Å². The van der Waals surface area contributed by atoms with Crippen molar-refractivity contribution >= 4 is 0 Å². The number of H-pyrrole nitrogens is 1. The summed E-state index contributed by atoms with van der Waals surface area (Å²) in [5, 5.41) is 24.6. The third-order valence-electron chi connectivity index (χ3n) is 2.45. The van der Waals surface area contributed by atoms with Crippen molar-refractivity contribution in [1.82, 2.24) is 10.2 Å². The Kier molecular flexibility index (Phi) is 2.99. The van der Waals surface area contributed by atoms with Crippen LogP contribution in [0.4, 0.5) is 0 Å². The van der Waals surface area contributed by atoms with Gasteiger partial charge in [-0.15, -0.1) is 0 Å². The summed E-state index contributed by atoms with van der Waals surface area (Å²) in [4.78, 5) is 0. The molecule has 1 N–H and O–H groups in total. The lowest BCUT2D eigenvalue weighted by Gasteiger charge is -2.06. The molecule has 0 aliphatic rings. The van der Waals surface area contributed by atoms with E-state index in [1.54, 1.807) is 12.1 Å². The average molecular weight is 238 g/mol. The topological polar surface area (TPSA) is 85.5 Å². The molecular formula is C13H10N4O. The summed E-state index contributed by atoms with van der Waals surface area (Å²) in [6.45, 7) is 3.66. The molecule has 88 valence electrons. The quantitative estimate of drug-likeness (QED) is 0.871. The van der Waals surface area contributed by atoms with E-state index in [2.05, 4.69) is 10.2 Å². The van der Waals surface area contributed by atoms with Crippen molar-refractivity contribution in [2.75, 3.05) is 0 Å². The first-order valence-corrected chi connectivity index (χ1v) is 5.28. The molecule has 0 atom stereocenters. The SMILES string of the molecule is Cc1n[nH]c(C)c1Oc1cc(C#N)cc(C#N)c1. The molecule has 0 bridgehead atoms. The zero-order valence-corrected chi connectivity index (χ0v) is 9.98. The van der Waals surface area contributed by atoms with E-state index in [9.17, 15) is 0 Å². The Balaban J connectivity index is 2.41. The van der Waals surface area contributed by atoms with E-state index in [1.165, 1.54) is 6.07 Å². The van der Waals surface area contributed by atoms with Crippen LogP contribution >= 0.6 is 0 Å². The molecule has 0 spiro atoms. The van der Waals surface area contributed by atoms with Crippen LogP contribution in [0.25, 0.3) is 0 Å². The number of hydrogen-bond donors (Lipinski definition) is 1. The highest BCUT2D eigenvalue weighted by atomic mass is 16.5. The second kappa shape index (κ2) is 4.60. The summed E-state index contributed by atoms with van der Waals surface area (Å²) in [6.07, 6.45) is 0. The van der Waals surface area contributed by atoms with E-state index in [0.29, 0.717) is 22.6 Å². The van der Waals surface area contributed by atoms with Crippen LogP contribution in [-0.2, 0) is 0 Å². The predicted octanol–water partition coefficient (Wildman–Crippen LogP) is 2.56. The van der Waals surface area contributed by atoms with Gasteiger partial charge in [0.25, 0.3) is 0 Å². The maximum atomic E-state index is 8.88. The summed E-state index contributed by atoms with van der Waals surface area (Å²) in [5.74, 6) is 1.08. The molecule has 1 heterocycles. The second-order valence-corrected chi connectivity index (χ2v) is 3.83. The van der Waals surface area contributed by atoms with Gasteiger partial charge in [-0.3, -0.25) is 5.10 Å². The van der Waals surface area contributed by atoms with E-state index in [4.69, 9.17) is 15.3 Å². The van der Waals surface area contributed by atoms with Gasteiger partial charge in [-0.25, -0.2) is 0 Å². The Morgan fingerprint density at radius 2 is 1.72 bits per heavy atom. The minimum atomic E-state index is 0.392. The van der Waals surface area contributed by atoms with E-state index in [1.807, 2.05) is 26.0 Å². The van der Waals surface area contributed by atoms with Crippen molar-refractivity contribution in [2.24, 2.45) is 0 Å². The number of rotatable bonds is 2. The maximum Gasteiger partial charge on any atom is 0.170 e. The number of hydrogen-bond acceptors (Lipinski definition) is 4. The fraction of sp³-hybridized carbons (Fsp3) is 0.154. The second-order valence-electron chi connectivity index (χ2n) is 3.83. The van der Waals surface area contributed by atoms with Gasteiger partial charge in [0.2, 0.25) is 0 Å². The van der Waals surface area contributed by atoms with Crippen LogP contribution < -0.4 is 4.74 Å². The molecule has 0 saturated carbocycles. The summed E-state index contributed by atoms with van der Waals surface area (Å²) < 4.78 is 5.67. The zero-order chi connectivity index (χ0) is 13.1. The molecule has 1 aromatic carbocycles. The van der Waals surface area contributed by atoms with Crippen LogP contribution in [0.2, 0.25) is 0 Å². The standard InChI is InChI=1S/C13H10N4O/c1-8-13(9(2)17-16-8)18-12-4-10(6-14)3-11(5-12)7-15/h3-5H,1-2H3,(H,16,17). The number of aromatic amines is 1. The third-order valence-corrected chi connectivity index (χ3v) is 2.45. The summed E-state index contributed by atoms with van der Waals surface area (Å²) >= 11 is 0. The Bertz CT molecular complexity index is 622. The molecule has 0 radical (unpaired) electrons. The number of aromatic nitrogens is 2. The lowest BCUT2D eigenvalue weighted by atomic mass is 10.1. The number of nitriles is 2. The van der Waals surface area contributed by atoms with Gasteiger partial charge in [-0.1, -0.05) is 0 Å². The molecule has 0 saturated heterocycles. The molecule has 1 aromatic heterocycles. The van der Waals surface area contributed by atoms with Crippen LogP contribution in [0.5, 0.6) is 11.5 Å². The highest BCUT2D eigenvalue weighted by Crippen LogP contribution is 2.28. The third kappa shape index (κ3) is 2.16. The van der Waals surface area contributed by atoms with Gasteiger partial charge in [0.1, 0.15) is 11.4 Å². The van der Waals surface area contributed by atoms with Crippen LogP contribution in [0, 0.1) is 36.5 Å². The summed E-state index contributed by atoms with van der Waals surface area (Å²) in [6, 6.07) is 8.69. The van der Waals surface area contributed by atoms with Crippen molar-refractivity contribution in [2.45, 2.75) is 13.8 Å². The van der Waals surface area contributed by atoms with E-state index >= 15 is 0 Å². The fourth-order valence-corrected chi connectivity index (χ4v) is 1.60. The fourth-order valence-electron chi connectivity index (χ4n) is 1.60. The highest BCUT2D eigenvalue weighted by Gasteiger charge is 2.10. The number of nitrogens with one attached hydrogen (secondary N) is 1. The average Bonchev–Trinajstić information content (AvgIpc) is 2.70. The largest absolute Gasteiger partial charge is 0.453 e. The molecule has 0 aliphatic heterocycles. The van der Waals surface area contributed by atoms with Crippen molar-refractivity contribution in [3.63, 3.8) is 0 Å².